The summed E-state index contributed by atoms with van der Waals surface area (Å²) in [6, 6.07) is 0.825. The van der Waals surface area contributed by atoms with Crippen LogP contribution in [0.3, 0.4) is 0 Å². The summed E-state index contributed by atoms with van der Waals surface area (Å²) < 4.78 is 27.4. The maximum Gasteiger partial charge on any atom is 0.669 e. The summed E-state index contributed by atoms with van der Waals surface area (Å²) in [4.78, 5) is 0. The molecule has 0 aromatic heterocycles. The molecule has 0 rings (SSSR count). The van der Waals surface area contributed by atoms with Crippen LogP contribution in [0.25, 0.3) is 0 Å². The van der Waals surface area contributed by atoms with Gasteiger partial charge in [-0.3, -0.25) is 0 Å². The highest BCUT2D eigenvalue weighted by Crippen LogP contribution is 2.21. The van der Waals surface area contributed by atoms with Crippen molar-refractivity contribution in [2.24, 2.45) is 5.73 Å². The van der Waals surface area contributed by atoms with Crippen LogP contribution in [0, 0.1) is 0 Å². The molecular formula is C10H28N2O5Si2. The molecule has 0 amide bonds. The molecule has 9 heteroatoms. The number of hydrogen-bond donors (Lipinski definition) is 2. The van der Waals surface area contributed by atoms with Gasteiger partial charge in [-0.1, -0.05) is 0 Å². The van der Waals surface area contributed by atoms with E-state index in [1.807, 2.05) is 6.55 Å². The Morgan fingerprint density at radius 3 is 1.95 bits per heavy atom. The van der Waals surface area contributed by atoms with Crippen LogP contribution in [0.15, 0.2) is 0 Å². The first kappa shape index (κ1) is 19.2. The zero-order valence-corrected chi connectivity index (χ0v) is 14.7. The normalized spacial score (nSPS) is 15.5. The minimum absolute atomic E-state index is 0.641. The van der Waals surface area contributed by atoms with Gasteiger partial charge in [-0.25, -0.2) is 0 Å². The minimum Gasteiger partial charge on any atom is -0.398 e. The molecule has 0 aromatic rings. The van der Waals surface area contributed by atoms with Crippen LogP contribution in [0.4, 0.5) is 0 Å². The number of nitrogens with two attached hydrogens (primary N) is 1. The minimum atomic E-state index is -3.05. The van der Waals surface area contributed by atoms with Crippen LogP contribution in [0.5, 0.6) is 0 Å². The van der Waals surface area contributed by atoms with Crippen molar-refractivity contribution in [2.75, 3.05) is 48.1 Å². The molecule has 0 spiro atoms. The predicted molar refractivity (Wildman–Crippen MR) is 77.8 cm³/mol. The van der Waals surface area contributed by atoms with E-state index in [9.17, 15) is 0 Å². The Kier molecular flexibility index (Phi) is 10.0. The summed E-state index contributed by atoms with van der Waals surface area (Å²) >= 11 is 0. The standard InChI is InChI=1S/C10H28N2O5Si2/c1-13-18(5,10-6-8-12-9-7-11)17-19(14-2,15-3)16-4/h12H,6-11H2,1-5H3. The Labute approximate surface area is 118 Å². The molecule has 3 N–H and O–H groups in total. The van der Waals surface area contributed by atoms with Gasteiger partial charge >= 0.3 is 17.6 Å². The Morgan fingerprint density at radius 1 is 0.947 bits per heavy atom. The van der Waals surface area contributed by atoms with Gasteiger partial charge in [-0.05, 0) is 25.6 Å². The van der Waals surface area contributed by atoms with E-state index in [4.69, 9.17) is 27.6 Å². The molecule has 116 valence electrons. The van der Waals surface area contributed by atoms with Gasteiger partial charge in [-0.15, -0.1) is 0 Å². The van der Waals surface area contributed by atoms with Crippen LogP contribution in [0.1, 0.15) is 6.42 Å². The first-order chi connectivity index (χ1) is 9.01. The third-order valence-corrected chi connectivity index (χ3v) is 9.18. The topological polar surface area (TPSA) is 84.2 Å². The van der Waals surface area contributed by atoms with Crippen LogP contribution in [-0.2, 0) is 21.8 Å². The summed E-state index contributed by atoms with van der Waals surface area (Å²) in [6.07, 6.45) is 0.943. The molecule has 0 aliphatic rings. The second-order valence-electron chi connectivity index (χ2n) is 4.19. The molecule has 0 radical (unpaired) electrons. The van der Waals surface area contributed by atoms with E-state index < -0.39 is 17.6 Å². The highest BCUT2D eigenvalue weighted by atomic mass is 28.5. The van der Waals surface area contributed by atoms with Crippen molar-refractivity contribution in [3.8, 4) is 0 Å². The first-order valence-electron chi connectivity index (χ1n) is 6.33. The van der Waals surface area contributed by atoms with Crippen molar-refractivity contribution in [3.05, 3.63) is 0 Å². The second kappa shape index (κ2) is 9.96. The van der Waals surface area contributed by atoms with Crippen molar-refractivity contribution >= 4 is 17.6 Å². The fourth-order valence-electron chi connectivity index (χ4n) is 1.60. The first-order valence-corrected chi connectivity index (χ1v) is 10.5. The molecule has 0 aliphatic heterocycles. The monoisotopic (exact) mass is 312 g/mol. The van der Waals surface area contributed by atoms with Gasteiger partial charge in [0.25, 0.3) is 0 Å². The van der Waals surface area contributed by atoms with Gasteiger partial charge in [0.15, 0.2) is 0 Å². The zero-order chi connectivity index (χ0) is 14.8. The molecule has 1 atom stereocenters. The number of nitrogens with one attached hydrogen (secondary N) is 1. The number of rotatable bonds is 12. The zero-order valence-electron chi connectivity index (χ0n) is 12.7. The SMILES string of the molecule is CO[Si](C)(CCCNCCN)O[Si](OC)(OC)OC. The van der Waals surface area contributed by atoms with Gasteiger partial charge in [0, 0.05) is 41.5 Å². The lowest BCUT2D eigenvalue weighted by molar-refractivity contribution is 0.0367. The van der Waals surface area contributed by atoms with Gasteiger partial charge < -0.3 is 32.9 Å². The van der Waals surface area contributed by atoms with Crippen molar-refractivity contribution in [3.63, 3.8) is 0 Å². The number of hydrogen-bond acceptors (Lipinski definition) is 7. The smallest absolute Gasteiger partial charge is 0.398 e. The molecule has 0 fully saturated rings. The summed E-state index contributed by atoms with van der Waals surface area (Å²) in [7, 11) is 0.794. The Hall–Kier alpha value is 0.154. The molecule has 0 bridgehead atoms. The van der Waals surface area contributed by atoms with E-state index >= 15 is 0 Å². The molecular weight excluding hydrogens is 284 g/mol. The maximum atomic E-state index is 5.97. The lowest BCUT2D eigenvalue weighted by atomic mass is 10.5. The second-order valence-corrected chi connectivity index (χ2v) is 10.4. The maximum absolute atomic E-state index is 5.97. The molecule has 1 unspecified atom stereocenters. The van der Waals surface area contributed by atoms with Crippen molar-refractivity contribution in [1.29, 1.82) is 0 Å². The molecule has 0 saturated heterocycles. The molecule has 0 aliphatic carbocycles. The lowest BCUT2D eigenvalue weighted by Gasteiger charge is -2.33. The van der Waals surface area contributed by atoms with Gasteiger partial charge in [-0.2, -0.15) is 0 Å². The Bertz CT molecular complexity index is 226. The van der Waals surface area contributed by atoms with E-state index in [1.54, 1.807) is 7.11 Å². The van der Waals surface area contributed by atoms with Gasteiger partial charge in [0.2, 0.25) is 0 Å². The van der Waals surface area contributed by atoms with Gasteiger partial charge in [0.05, 0.1) is 0 Å². The predicted octanol–water partition coefficient (Wildman–Crippen LogP) is 0.0346. The average molecular weight is 313 g/mol. The van der Waals surface area contributed by atoms with E-state index in [1.165, 1.54) is 21.3 Å². The van der Waals surface area contributed by atoms with Crippen molar-refractivity contribution < 1.29 is 21.8 Å². The van der Waals surface area contributed by atoms with Gasteiger partial charge in [0.1, 0.15) is 0 Å². The lowest BCUT2D eigenvalue weighted by Crippen LogP contribution is -2.56. The van der Waals surface area contributed by atoms with Crippen LogP contribution < -0.4 is 11.1 Å². The Morgan fingerprint density at radius 2 is 1.53 bits per heavy atom. The van der Waals surface area contributed by atoms with E-state index in [-0.39, 0.29) is 0 Å². The van der Waals surface area contributed by atoms with E-state index in [2.05, 4.69) is 5.32 Å². The highest BCUT2D eigenvalue weighted by Gasteiger charge is 2.50. The van der Waals surface area contributed by atoms with Crippen LogP contribution >= 0.6 is 0 Å². The summed E-state index contributed by atoms with van der Waals surface area (Å²) in [6.45, 7) is 4.32. The van der Waals surface area contributed by atoms with Crippen LogP contribution in [0.2, 0.25) is 12.6 Å². The quantitative estimate of drug-likeness (QED) is 0.389. The van der Waals surface area contributed by atoms with Crippen molar-refractivity contribution in [1.82, 2.24) is 5.32 Å². The van der Waals surface area contributed by atoms with Crippen molar-refractivity contribution in [2.45, 2.75) is 19.0 Å². The molecule has 0 heterocycles. The molecule has 0 saturated carbocycles. The largest absolute Gasteiger partial charge is 0.669 e. The third kappa shape index (κ3) is 6.93. The van der Waals surface area contributed by atoms with Crippen LogP contribution in [-0.4, -0.2) is 65.7 Å². The Balaban J connectivity index is 4.34. The van der Waals surface area contributed by atoms with E-state index in [0.29, 0.717) is 6.54 Å². The summed E-state index contributed by atoms with van der Waals surface area (Å²) in [5, 5.41) is 3.24. The fourth-order valence-corrected chi connectivity index (χ4v) is 6.98. The average Bonchev–Trinajstić information content (AvgIpc) is 2.45. The van der Waals surface area contributed by atoms with E-state index in [0.717, 1.165) is 25.6 Å². The molecule has 0 aromatic carbocycles. The molecule has 7 nitrogen and oxygen atoms in total. The summed E-state index contributed by atoms with van der Waals surface area (Å²) in [5.74, 6) is 0. The molecule has 19 heavy (non-hydrogen) atoms. The fraction of sp³-hybridized carbons (Fsp3) is 1.00. The summed E-state index contributed by atoms with van der Waals surface area (Å²) in [5.41, 5.74) is 5.41. The third-order valence-electron chi connectivity index (χ3n) is 2.83. The highest BCUT2D eigenvalue weighted by molar-refractivity contribution is 6.75.